The van der Waals surface area contributed by atoms with Crippen LogP contribution in [0.3, 0.4) is 0 Å². The molecule has 0 aliphatic rings. The molecule has 0 fully saturated rings. The van der Waals surface area contributed by atoms with Crippen LogP contribution in [-0.4, -0.2) is 164 Å². The van der Waals surface area contributed by atoms with E-state index in [0.29, 0.717) is 17.6 Å². The molecule has 0 aromatic rings. The number of terminal acetylenes is 3. The van der Waals surface area contributed by atoms with Crippen molar-refractivity contribution in [2.24, 2.45) is 0 Å². The Labute approximate surface area is 461 Å². The molecule has 0 amide bonds. The molecule has 0 aromatic heterocycles. The summed E-state index contributed by atoms with van der Waals surface area (Å²) in [6.07, 6.45) is 21.0. The molecule has 0 spiro atoms. The van der Waals surface area contributed by atoms with Crippen molar-refractivity contribution < 1.29 is 91.3 Å². The van der Waals surface area contributed by atoms with Crippen LogP contribution in [0.4, 0.5) is 0 Å². The van der Waals surface area contributed by atoms with Crippen LogP contribution in [0.25, 0.3) is 0 Å². The van der Waals surface area contributed by atoms with Crippen molar-refractivity contribution in [2.75, 3.05) is 79.7 Å². The number of carbonyl (C=O) groups excluding carboxylic acids is 9. The molecule has 1 atom stereocenters. The summed E-state index contributed by atoms with van der Waals surface area (Å²) in [6.45, 7) is 33.0. The van der Waals surface area contributed by atoms with Gasteiger partial charge in [-0.1, -0.05) is 33.7 Å². The monoisotopic (exact) mass is 1120 g/mol. The predicted molar refractivity (Wildman–Crippen MR) is 302 cm³/mol. The lowest BCUT2D eigenvalue weighted by atomic mass is 10.2. The second-order valence-corrected chi connectivity index (χ2v) is 18.7. The molecule has 1 unspecified atom stereocenters. The van der Waals surface area contributed by atoms with Gasteiger partial charge in [0.25, 0.3) is 0 Å². The van der Waals surface area contributed by atoms with E-state index in [-0.39, 0.29) is 58.4 Å². The van der Waals surface area contributed by atoms with Crippen LogP contribution < -0.4 is 0 Å². The van der Waals surface area contributed by atoms with E-state index >= 15 is 0 Å². The van der Waals surface area contributed by atoms with Crippen molar-refractivity contribution in [3.63, 3.8) is 0 Å². The maximum absolute atomic E-state index is 10.8. The average Bonchev–Trinajstić information content (AvgIpc) is 3.36. The molecule has 0 radical (unpaired) electrons. The molecule has 19 nitrogen and oxygen atoms in total. The van der Waals surface area contributed by atoms with Crippen LogP contribution in [0, 0.1) is 37.0 Å². The Morgan fingerprint density at radius 2 is 0.800 bits per heavy atom. The Bertz CT molecular complexity index is 1650. The number of ether oxygens (including phenoxy) is 8. The van der Waals surface area contributed by atoms with Crippen molar-refractivity contribution in [3.05, 3.63) is 49.6 Å². The first-order chi connectivity index (χ1) is 34.1. The summed E-state index contributed by atoms with van der Waals surface area (Å²) < 4.78 is 35.4. The van der Waals surface area contributed by atoms with Gasteiger partial charge in [0.15, 0.2) is 0 Å². The average molecular weight is 1130 g/mol. The highest BCUT2D eigenvalue weighted by atomic mass is 32.2. The van der Waals surface area contributed by atoms with E-state index in [2.05, 4.69) is 101 Å². The third-order valence-electron chi connectivity index (χ3n) is 6.82. The fraction of sp³-hybridized carbons (Fsp3) is 0.566. The van der Waals surface area contributed by atoms with Gasteiger partial charge in [0, 0.05) is 36.6 Å². The Morgan fingerprint density at radius 3 is 0.960 bits per heavy atom. The van der Waals surface area contributed by atoms with Gasteiger partial charge in [0.05, 0.1) is 41.2 Å². The van der Waals surface area contributed by atoms with Gasteiger partial charge < -0.3 is 48.1 Å². The van der Waals surface area contributed by atoms with E-state index in [4.69, 9.17) is 10.2 Å². The van der Waals surface area contributed by atoms with Crippen LogP contribution >= 0.6 is 35.3 Å². The van der Waals surface area contributed by atoms with Gasteiger partial charge in [-0.25, -0.2) is 24.0 Å². The lowest BCUT2D eigenvalue weighted by Gasteiger charge is -2.17. The normalized spacial score (nSPS) is 9.29. The number of carbonyl (C=O) groups is 9. The zero-order chi connectivity index (χ0) is 60.7. The van der Waals surface area contributed by atoms with Crippen molar-refractivity contribution in [1.82, 2.24) is 0 Å². The molecule has 0 saturated heterocycles. The number of aliphatic hydroxyl groups excluding tert-OH is 2. The number of rotatable bonds is 21. The maximum Gasteiger partial charge on any atom is 0.374 e. The highest BCUT2D eigenvalue weighted by Crippen LogP contribution is 2.23. The zero-order valence-corrected chi connectivity index (χ0v) is 49.3. The Hall–Kier alpha value is -5.96. The number of hydrogen-bond donors (Lipinski definition) is 2. The minimum Gasteiger partial charge on any atom is -0.468 e. The molecule has 0 rings (SSSR count). The zero-order valence-electron chi connectivity index (χ0n) is 46.8. The summed E-state index contributed by atoms with van der Waals surface area (Å²) in [4.78, 5) is 95.8. The second kappa shape index (κ2) is 60.6. The van der Waals surface area contributed by atoms with E-state index in [9.17, 15) is 43.2 Å². The predicted octanol–water partition coefficient (Wildman–Crippen LogP) is 6.99. The molecule has 2 N–H and O–H groups in total. The minimum atomic E-state index is -1.11. The summed E-state index contributed by atoms with van der Waals surface area (Å²) in [7, 11) is 4.21. The Balaban J connectivity index is -0.0000000821. The molecule has 22 heteroatoms. The second-order valence-electron chi connectivity index (χ2n) is 14.4. The third-order valence-corrected chi connectivity index (χ3v) is 10.4. The molecule has 0 heterocycles. The first kappa shape index (κ1) is 91.7. The van der Waals surface area contributed by atoms with Crippen molar-refractivity contribution in [1.29, 1.82) is 0 Å². The van der Waals surface area contributed by atoms with Crippen LogP contribution in [0.2, 0.25) is 0 Å². The molecular weight excluding hydrogens is 1040 g/mol. The van der Waals surface area contributed by atoms with Gasteiger partial charge in [-0.15, -0.1) is 72.3 Å². The van der Waals surface area contributed by atoms with Gasteiger partial charge >= 0.3 is 47.8 Å². The van der Waals surface area contributed by atoms with E-state index in [1.54, 1.807) is 34.6 Å². The summed E-state index contributed by atoms with van der Waals surface area (Å²) >= 11 is 4.46. The van der Waals surface area contributed by atoms with Crippen LogP contribution in [0.5, 0.6) is 0 Å². The molecule has 432 valence electrons. The number of hydrogen-bond acceptors (Lipinski definition) is 22. The maximum atomic E-state index is 10.8. The number of Topliss-reactive ketones (excluding diaryl/α,β-unsaturated/α-hetero) is 1. The van der Waals surface area contributed by atoms with Crippen LogP contribution in [-0.2, 0) is 81.0 Å². The fourth-order valence-electron chi connectivity index (χ4n) is 2.35. The molecule has 75 heavy (non-hydrogen) atoms. The number of aliphatic hydroxyl groups is 2. The van der Waals surface area contributed by atoms with E-state index in [0.717, 1.165) is 19.1 Å². The fourth-order valence-corrected chi connectivity index (χ4v) is 3.10. The summed E-state index contributed by atoms with van der Waals surface area (Å²) in [5, 5.41) is 16.9. The van der Waals surface area contributed by atoms with E-state index in [1.807, 2.05) is 60.3 Å². The van der Waals surface area contributed by atoms with Gasteiger partial charge in [0.1, 0.15) is 40.2 Å². The molecule has 0 bridgehead atoms. The lowest BCUT2D eigenvalue weighted by molar-refractivity contribution is -0.155. The number of ketones is 1. The SMILES string of the molecule is C.C#CC.C#CC.C#CC.C=C(C)C(=O)OCCOC(=O)C(=C)C.C=CC(=O)OCCCOC(=O)C=C.CC(=O)C(=O)OCC(O)CO.COC(=O)C(C)(C)SC.COC(=O)C(C)(C)SC.COC(=O)C(C)(C)SC. The van der Waals surface area contributed by atoms with Crippen molar-refractivity contribution in [2.45, 2.75) is 117 Å². The molecular formula is C53H88O19S3. The highest BCUT2D eigenvalue weighted by molar-refractivity contribution is 8.01. The van der Waals surface area contributed by atoms with E-state index in [1.165, 1.54) is 56.6 Å². The van der Waals surface area contributed by atoms with Crippen LogP contribution in [0.15, 0.2) is 49.6 Å². The first-order valence-electron chi connectivity index (χ1n) is 21.3. The lowest BCUT2D eigenvalue weighted by Crippen LogP contribution is -2.28. The van der Waals surface area contributed by atoms with Gasteiger partial charge in [0.2, 0.25) is 5.78 Å². The van der Waals surface area contributed by atoms with Gasteiger partial charge in [-0.3, -0.25) is 19.2 Å². The van der Waals surface area contributed by atoms with Gasteiger partial charge in [-0.05, 0) is 94.9 Å². The molecule has 0 aliphatic carbocycles. The highest BCUT2D eigenvalue weighted by Gasteiger charge is 2.28. The van der Waals surface area contributed by atoms with Crippen LogP contribution in [0.1, 0.15) is 96.9 Å². The number of methoxy groups -OCH3 is 3. The first-order valence-corrected chi connectivity index (χ1v) is 25.0. The summed E-state index contributed by atoms with van der Waals surface area (Å²) in [6, 6.07) is 0. The smallest absolute Gasteiger partial charge is 0.374 e. The Morgan fingerprint density at radius 1 is 0.547 bits per heavy atom. The van der Waals surface area contributed by atoms with E-state index < -0.39 is 62.6 Å². The molecule has 0 saturated carbocycles. The molecule has 0 aliphatic heterocycles. The summed E-state index contributed by atoms with van der Waals surface area (Å²) in [5.74, 6) is 2.57. The summed E-state index contributed by atoms with van der Waals surface area (Å²) in [5.41, 5.74) is 0.632. The Kier molecular flexibility index (Phi) is 74.1. The standard InChI is InChI=1S/C10H14O4.C9H12O4.C6H10O5.3C6H12O2S.3C3H4.CH4/c1-7(2)9(11)13-5-6-14-10(12)8(3)4;1-3-8(10)12-6-5-7-13-9(11)4-2;1-4(8)6(10)11-3-5(9)2-7;3*1-6(2,9-4)5(7)8-3;3*1-3-2;/h1,3,5-6H2,2,4H3;3-4H,1-2,5-7H2;5,7,9H,2-3H2,1H3;3*1-4H3;3*1H,2H3;1H4. The van der Waals surface area contributed by atoms with Crippen molar-refractivity contribution >= 4 is 88.8 Å². The number of thioether (sulfide) groups is 3. The number of esters is 8. The largest absolute Gasteiger partial charge is 0.468 e. The van der Waals surface area contributed by atoms with Gasteiger partial charge in [-0.2, -0.15) is 0 Å². The van der Waals surface area contributed by atoms with Crippen molar-refractivity contribution in [3.8, 4) is 37.0 Å². The third kappa shape index (κ3) is 70.1. The minimum absolute atomic E-state index is 0. The quantitative estimate of drug-likeness (QED) is 0.0293. The molecule has 0 aromatic carbocycles. The topological polar surface area (TPSA) is 268 Å².